The Morgan fingerprint density at radius 2 is 0.975 bits per heavy atom. The van der Waals surface area contributed by atoms with Gasteiger partial charge in [-0.3, -0.25) is 15.0 Å². The molecular formula is C35H23N5. The number of pyridine rings is 3. The van der Waals surface area contributed by atoms with Crippen LogP contribution in [0.5, 0.6) is 0 Å². The molecule has 0 atom stereocenters. The van der Waals surface area contributed by atoms with E-state index < -0.39 is 0 Å². The first-order valence-electron chi connectivity index (χ1n) is 13.1. The molecular weight excluding hydrogens is 490 g/mol. The second-order valence-corrected chi connectivity index (χ2v) is 9.43. The van der Waals surface area contributed by atoms with Gasteiger partial charge in [0.2, 0.25) is 0 Å². The van der Waals surface area contributed by atoms with Crippen LogP contribution in [0.15, 0.2) is 150 Å². The largest absolute Gasteiger partial charge is 0.264 e. The third-order valence-corrected chi connectivity index (χ3v) is 6.89. The van der Waals surface area contributed by atoms with E-state index in [2.05, 4.69) is 41.4 Å². The molecule has 3 aromatic heterocycles. The summed E-state index contributed by atoms with van der Waals surface area (Å²) in [5.74, 6) is 0. The standard InChI is InChI=1S/C35H23N5/c1-2-9-24(10-3-1)25-16-19-33(38-22-25)35-29-13-5-7-15-32(29)39-34(28-12-4-6-14-31(28)40-35)27-17-18-30(37-23-27)26-11-8-20-36-21-26/h1-23H. The molecule has 0 saturated heterocycles. The van der Waals surface area contributed by atoms with E-state index in [1.165, 1.54) is 0 Å². The van der Waals surface area contributed by atoms with Gasteiger partial charge in [-0.2, -0.15) is 0 Å². The molecule has 4 heterocycles. The smallest absolute Gasteiger partial charge is 0.0987 e. The second kappa shape index (κ2) is 10.3. The van der Waals surface area contributed by atoms with Crippen molar-refractivity contribution in [1.82, 2.24) is 15.0 Å². The molecule has 1 aliphatic heterocycles. The van der Waals surface area contributed by atoms with E-state index >= 15 is 0 Å². The van der Waals surface area contributed by atoms with Crippen LogP contribution in [0.2, 0.25) is 0 Å². The first-order chi connectivity index (χ1) is 19.8. The van der Waals surface area contributed by atoms with Crippen molar-refractivity contribution in [2.24, 2.45) is 9.98 Å². The Kier molecular flexibility index (Phi) is 6.07. The molecule has 5 nitrogen and oxygen atoms in total. The van der Waals surface area contributed by atoms with Gasteiger partial charge in [-0.05, 0) is 48.0 Å². The van der Waals surface area contributed by atoms with Crippen LogP contribution >= 0.6 is 0 Å². The van der Waals surface area contributed by atoms with Crippen molar-refractivity contribution in [3.63, 3.8) is 0 Å². The van der Waals surface area contributed by atoms with Gasteiger partial charge in [-0.1, -0.05) is 72.8 Å². The minimum atomic E-state index is 0.788. The van der Waals surface area contributed by atoms with Gasteiger partial charge in [-0.15, -0.1) is 0 Å². The minimum Gasteiger partial charge on any atom is -0.264 e. The molecule has 0 amide bonds. The Balaban J connectivity index is 1.34. The Morgan fingerprint density at radius 1 is 0.375 bits per heavy atom. The van der Waals surface area contributed by atoms with Crippen LogP contribution in [0.25, 0.3) is 22.4 Å². The van der Waals surface area contributed by atoms with Crippen molar-refractivity contribution in [3.8, 4) is 22.4 Å². The van der Waals surface area contributed by atoms with Gasteiger partial charge in [0.1, 0.15) is 0 Å². The van der Waals surface area contributed by atoms with E-state index in [4.69, 9.17) is 20.0 Å². The maximum atomic E-state index is 5.21. The van der Waals surface area contributed by atoms with Gasteiger partial charge < -0.3 is 0 Å². The summed E-state index contributed by atoms with van der Waals surface area (Å²) in [4.78, 5) is 24.2. The number of aliphatic imine (C=N–C) groups is 2. The summed E-state index contributed by atoms with van der Waals surface area (Å²) in [7, 11) is 0. The first kappa shape index (κ1) is 23.6. The van der Waals surface area contributed by atoms with Gasteiger partial charge in [0, 0.05) is 52.6 Å². The zero-order valence-electron chi connectivity index (χ0n) is 21.5. The fraction of sp³-hybridized carbons (Fsp3) is 0. The number of aromatic nitrogens is 3. The average Bonchev–Trinajstić information content (AvgIpc) is 3.03. The van der Waals surface area contributed by atoms with Crippen LogP contribution in [0.1, 0.15) is 22.4 Å². The quantitative estimate of drug-likeness (QED) is 0.241. The fourth-order valence-electron chi connectivity index (χ4n) is 4.87. The summed E-state index contributed by atoms with van der Waals surface area (Å²) < 4.78 is 0. The highest BCUT2D eigenvalue weighted by Crippen LogP contribution is 2.33. The van der Waals surface area contributed by atoms with Gasteiger partial charge in [0.05, 0.1) is 34.2 Å². The maximum absolute atomic E-state index is 5.21. The van der Waals surface area contributed by atoms with Gasteiger partial charge in [-0.25, -0.2) is 9.98 Å². The number of nitrogens with zero attached hydrogens (tertiary/aromatic N) is 5. The molecule has 5 heteroatoms. The van der Waals surface area contributed by atoms with Crippen LogP contribution in [-0.2, 0) is 0 Å². The van der Waals surface area contributed by atoms with Crippen molar-refractivity contribution in [2.75, 3.05) is 0 Å². The van der Waals surface area contributed by atoms with Crippen molar-refractivity contribution < 1.29 is 0 Å². The predicted octanol–water partition coefficient (Wildman–Crippen LogP) is 7.86. The van der Waals surface area contributed by atoms with Crippen molar-refractivity contribution in [3.05, 3.63) is 162 Å². The third kappa shape index (κ3) is 4.50. The topological polar surface area (TPSA) is 63.4 Å². The molecule has 0 unspecified atom stereocenters. The monoisotopic (exact) mass is 513 g/mol. The Hall–Kier alpha value is -5.55. The van der Waals surface area contributed by atoms with E-state index in [0.717, 1.165) is 67.6 Å². The SMILES string of the molecule is c1ccc(-c2ccc(C3=Nc4ccccc4C(c4ccc(-c5cccnc5)nc4)=Nc4ccccc43)nc2)cc1. The number of hydrogen-bond acceptors (Lipinski definition) is 5. The molecule has 1 aliphatic rings. The molecule has 0 fully saturated rings. The Labute approximate surface area is 232 Å². The predicted molar refractivity (Wildman–Crippen MR) is 161 cm³/mol. The van der Waals surface area contributed by atoms with Crippen LogP contribution < -0.4 is 0 Å². The fourth-order valence-corrected chi connectivity index (χ4v) is 4.87. The third-order valence-electron chi connectivity index (χ3n) is 6.89. The summed E-state index contributed by atoms with van der Waals surface area (Å²) in [5, 5.41) is 0. The maximum Gasteiger partial charge on any atom is 0.0987 e. The summed E-state index contributed by atoms with van der Waals surface area (Å²) in [5.41, 5.74) is 10.9. The number of benzene rings is 3. The Morgan fingerprint density at radius 3 is 1.65 bits per heavy atom. The van der Waals surface area contributed by atoms with Crippen LogP contribution in [0, 0.1) is 0 Å². The summed E-state index contributed by atoms with van der Waals surface area (Å²) >= 11 is 0. The van der Waals surface area contributed by atoms with Gasteiger partial charge >= 0.3 is 0 Å². The molecule has 0 spiro atoms. The molecule has 0 bridgehead atoms. The number of fused-ring (bicyclic) bond motifs is 2. The highest BCUT2D eigenvalue weighted by Gasteiger charge is 2.20. The summed E-state index contributed by atoms with van der Waals surface area (Å²) in [6.45, 7) is 0. The van der Waals surface area contributed by atoms with Crippen molar-refractivity contribution >= 4 is 22.8 Å². The molecule has 40 heavy (non-hydrogen) atoms. The highest BCUT2D eigenvalue weighted by atomic mass is 14.9. The highest BCUT2D eigenvalue weighted by molar-refractivity contribution is 6.22. The van der Waals surface area contributed by atoms with E-state index in [-0.39, 0.29) is 0 Å². The normalized spacial score (nSPS) is 12.3. The number of hydrogen-bond donors (Lipinski definition) is 0. The molecule has 0 aliphatic carbocycles. The molecule has 188 valence electrons. The molecule has 3 aromatic carbocycles. The first-order valence-corrected chi connectivity index (χ1v) is 13.1. The van der Waals surface area contributed by atoms with Gasteiger partial charge in [0.25, 0.3) is 0 Å². The number of para-hydroxylation sites is 2. The molecule has 6 aromatic rings. The molecule has 7 rings (SSSR count). The van der Waals surface area contributed by atoms with Crippen molar-refractivity contribution in [1.29, 1.82) is 0 Å². The van der Waals surface area contributed by atoms with Crippen LogP contribution in [-0.4, -0.2) is 26.4 Å². The van der Waals surface area contributed by atoms with E-state index in [0.29, 0.717) is 0 Å². The lowest BCUT2D eigenvalue weighted by atomic mass is 9.97. The lowest BCUT2D eigenvalue weighted by Crippen LogP contribution is -2.11. The van der Waals surface area contributed by atoms with E-state index in [9.17, 15) is 0 Å². The van der Waals surface area contributed by atoms with Crippen LogP contribution in [0.3, 0.4) is 0 Å². The lowest BCUT2D eigenvalue weighted by molar-refractivity contribution is 1.26. The molecule has 0 saturated carbocycles. The molecule has 0 radical (unpaired) electrons. The number of rotatable bonds is 4. The average molecular weight is 514 g/mol. The minimum absolute atomic E-state index is 0.788. The zero-order chi connectivity index (χ0) is 26.7. The van der Waals surface area contributed by atoms with E-state index in [1.807, 2.05) is 97.5 Å². The van der Waals surface area contributed by atoms with Gasteiger partial charge in [0.15, 0.2) is 0 Å². The van der Waals surface area contributed by atoms with Crippen LogP contribution in [0.4, 0.5) is 11.4 Å². The zero-order valence-corrected chi connectivity index (χ0v) is 21.5. The molecule has 0 N–H and O–H groups in total. The second-order valence-electron chi connectivity index (χ2n) is 9.43. The lowest BCUT2D eigenvalue weighted by Gasteiger charge is -2.17. The summed E-state index contributed by atoms with van der Waals surface area (Å²) in [6.07, 6.45) is 7.36. The Bertz CT molecular complexity index is 1720. The van der Waals surface area contributed by atoms with E-state index in [1.54, 1.807) is 6.20 Å². The van der Waals surface area contributed by atoms with Crippen molar-refractivity contribution in [2.45, 2.75) is 0 Å². The summed E-state index contributed by atoms with van der Waals surface area (Å²) in [6, 6.07) is 38.6.